The van der Waals surface area contributed by atoms with Crippen LogP contribution in [0, 0.1) is 34.6 Å². The molecule has 0 atom stereocenters. The van der Waals surface area contributed by atoms with Crippen molar-refractivity contribution in [3.63, 3.8) is 0 Å². The molecule has 14 heavy (non-hydrogen) atoms. The first-order valence-electron chi connectivity index (χ1n) is 4.29. The van der Waals surface area contributed by atoms with Crippen LogP contribution in [0.2, 0.25) is 0 Å². The van der Waals surface area contributed by atoms with Gasteiger partial charge in [-0.2, -0.15) is 0 Å². The predicted molar refractivity (Wildman–Crippen MR) is 55.5 cm³/mol. The van der Waals surface area contributed by atoms with Gasteiger partial charge in [0.2, 0.25) is 0 Å². The van der Waals surface area contributed by atoms with Gasteiger partial charge in [-0.1, -0.05) is 16.6 Å². The molecule has 68 valence electrons. The van der Waals surface area contributed by atoms with Crippen molar-refractivity contribution in [3.05, 3.63) is 27.8 Å². The van der Waals surface area contributed by atoms with Gasteiger partial charge in [-0.15, -0.1) is 0 Å². The number of rotatable bonds is 0. The first-order valence-corrected chi connectivity index (χ1v) is 4.29. The monoisotopic (exact) mass is 336 g/mol. The molecule has 1 aromatic rings. The summed E-state index contributed by atoms with van der Waals surface area (Å²) in [5.74, 6) is 0. The fraction of sp³-hybridized carbons (Fsp3) is 0.455. The molecular formula is C11H15BY2. The second-order valence-corrected chi connectivity index (χ2v) is 3.54. The maximum absolute atomic E-state index is 5.95. The fourth-order valence-electron chi connectivity index (χ4n) is 1.53. The Morgan fingerprint density at radius 1 is 0.571 bits per heavy atom. The van der Waals surface area contributed by atoms with E-state index in [4.69, 9.17) is 7.85 Å². The molecule has 4 radical (unpaired) electrons. The van der Waals surface area contributed by atoms with Crippen molar-refractivity contribution in [1.82, 2.24) is 0 Å². The molecular weight excluding hydrogens is 321 g/mol. The van der Waals surface area contributed by atoms with Crippen molar-refractivity contribution in [2.75, 3.05) is 0 Å². The van der Waals surface area contributed by atoms with Crippen LogP contribution < -0.4 is 5.46 Å². The third kappa shape index (κ3) is 3.24. The van der Waals surface area contributed by atoms with Gasteiger partial charge in [0.15, 0.2) is 0 Å². The summed E-state index contributed by atoms with van der Waals surface area (Å²) in [6, 6.07) is 0. The van der Waals surface area contributed by atoms with Gasteiger partial charge in [0.1, 0.15) is 7.85 Å². The SMILES string of the molecule is [B]c1c(C)c(C)c(C)c(C)c1C.[Y].[Y]. The average molecular weight is 336 g/mol. The van der Waals surface area contributed by atoms with Gasteiger partial charge in [-0.05, 0) is 51.3 Å². The van der Waals surface area contributed by atoms with Crippen LogP contribution in [0.3, 0.4) is 0 Å². The van der Waals surface area contributed by atoms with Gasteiger partial charge in [0.25, 0.3) is 0 Å². The van der Waals surface area contributed by atoms with Gasteiger partial charge in [0.05, 0.1) is 0 Å². The summed E-state index contributed by atoms with van der Waals surface area (Å²) in [6.45, 7) is 10.6. The predicted octanol–water partition coefficient (Wildman–Crippen LogP) is 2.02. The first kappa shape index (κ1) is 17.9. The van der Waals surface area contributed by atoms with E-state index in [2.05, 4.69) is 34.6 Å². The second-order valence-electron chi connectivity index (χ2n) is 3.54. The molecule has 0 aliphatic carbocycles. The molecule has 0 aromatic heterocycles. The summed E-state index contributed by atoms with van der Waals surface area (Å²) in [4.78, 5) is 0. The zero-order chi connectivity index (χ0) is 9.46. The van der Waals surface area contributed by atoms with Gasteiger partial charge in [-0.3, -0.25) is 0 Å². The molecule has 0 spiro atoms. The van der Waals surface area contributed by atoms with E-state index < -0.39 is 0 Å². The molecule has 0 amide bonds. The van der Waals surface area contributed by atoms with Crippen LogP contribution >= 0.6 is 0 Å². The van der Waals surface area contributed by atoms with Crippen LogP contribution in [-0.4, -0.2) is 7.85 Å². The zero-order valence-corrected chi connectivity index (χ0v) is 15.4. The van der Waals surface area contributed by atoms with Crippen molar-refractivity contribution < 1.29 is 65.4 Å². The minimum Gasteiger partial charge on any atom is -0.0904 e. The van der Waals surface area contributed by atoms with Crippen molar-refractivity contribution >= 4 is 13.3 Å². The minimum atomic E-state index is 0. The maximum atomic E-state index is 5.95. The average Bonchev–Trinajstić information content (AvgIpc) is 2.08. The van der Waals surface area contributed by atoms with E-state index in [-0.39, 0.29) is 65.4 Å². The Morgan fingerprint density at radius 3 is 1.07 bits per heavy atom. The standard InChI is InChI=1S/C11H15B.2Y/c1-6-7(2)9(4)11(12)10(5)8(6)3;;/h1-5H3;;. The topological polar surface area (TPSA) is 0 Å². The Morgan fingerprint density at radius 2 is 0.786 bits per heavy atom. The molecule has 0 nitrogen and oxygen atoms in total. The van der Waals surface area contributed by atoms with E-state index >= 15 is 0 Å². The van der Waals surface area contributed by atoms with Crippen molar-refractivity contribution in [3.8, 4) is 0 Å². The molecule has 0 heterocycles. The normalized spacial score (nSPS) is 8.93. The third-order valence-electron chi connectivity index (χ3n) is 3.06. The summed E-state index contributed by atoms with van der Waals surface area (Å²) >= 11 is 0. The van der Waals surface area contributed by atoms with Crippen molar-refractivity contribution in [1.29, 1.82) is 0 Å². The Labute approximate surface area is 139 Å². The van der Waals surface area contributed by atoms with E-state index in [0.717, 1.165) is 5.46 Å². The minimum absolute atomic E-state index is 0. The molecule has 0 saturated heterocycles. The Bertz CT molecular complexity index is 228. The van der Waals surface area contributed by atoms with Gasteiger partial charge < -0.3 is 0 Å². The van der Waals surface area contributed by atoms with Gasteiger partial charge in [-0.25, -0.2) is 0 Å². The molecule has 1 aromatic carbocycles. The van der Waals surface area contributed by atoms with Crippen molar-refractivity contribution in [2.24, 2.45) is 0 Å². The van der Waals surface area contributed by atoms with E-state index in [9.17, 15) is 0 Å². The molecule has 1 rings (SSSR count). The fourth-order valence-corrected chi connectivity index (χ4v) is 1.53. The molecule has 0 saturated carbocycles. The van der Waals surface area contributed by atoms with E-state index in [1.165, 1.54) is 27.8 Å². The largest absolute Gasteiger partial charge is 0.114 e. The zero-order valence-electron chi connectivity index (χ0n) is 9.73. The number of hydrogen-bond donors (Lipinski definition) is 0. The van der Waals surface area contributed by atoms with E-state index in [1.807, 2.05) is 0 Å². The van der Waals surface area contributed by atoms with Gasteiger partial charge >= 0.3 is 0 Å². The second kappa shape index (κ2) is 6.94. The van der Waals surface area contributed by atoms with Crippen LogP contribution in [0.5, 0.6) is 0 Å². The first-order chi connectivity index (χ1) is 5.46. The van der Waals surface area contributed by atoms with Crippen LogP contribution in [0.4, 0.5) is 0 Å². The molecule has 0 unspecified atom stereocenters. The van der Waals surface area contributed by atoms with Crippen LogP contribution in [-0.2, 0) is 65.4 Å². The Kier molecular flexibility index (Phi) is 8.87. The summed E-state index contributed by atoms with van der Waals surface area (Å²) in [5.41, 5.74) is 7.45. The molecule has 0 bridgehead atoms. The smallest absolute Gasteiger partial charge is 0.0904 e. The Balaban J connectivity index is 0. The molecule has 0 N–H and O–H groups in total. The van der Waals surface area contributed by atoms with Crippen LogP contribution in [0.15, 0.2) is 0 Å². The molecule has 0 fully saturated rings. The van der Waals surface area contributed by atoms with E-state index in [1.54, 1.807) is 0 Å². The molecule has 0 aliphatic rings. The summed E-state index contributed by atoms with van der Waals surface area (Å²) < 4.78 is 0. The molecule has 0 aliphatic heterocycles. The summed E-state index contributed by atoms with van der Waals surface area (Å²) in [6.07, 6.45) is 0. The Hall–Kier alpha value is 1.49. The number of benzene rings is 1. The van der Waals surface area contributed by atoms with Crippen molar-refractivity contribution in [2.45, 2.75) is 34.6 Å². The maximum Gasteiger partial charge on any atom is 0.114 e. The third-order valence-corrected chi connectivity index (χ3v) is 3.06. The van der Waals surface area contributed by atoms with Gasteiger partial charge in [0, 0.05) is 65.4 Å². The summed E-state index contributed by atoms with van der Waals surface area (Å²) in [7, 11) is 5.95. The number of hydrogen-bond acceptors (Lipinski definition) is 0. The summed E-state index contributed by atoms with van der Waals surface area (Å²) in [5, 5.41) is 0. The van der Waals surface area contributed by atoms with E-state index in [0.29, 0.717) is 0 Å². The van der Waals surface area contributed by atoms with Crippen LogP contribution in [0.1, 0.15) is 27.8 Å². The van der Waals surface area contributed by atoms with Crippen LogP contribution in [0.25, 0.3) is 0 Å². The quantitative estimate of drug-likeness (QED) is 0.636. The molecule has 3 heteroatoms.